The maximum atomic E-state index is 12.9. The van der Waals surface area contributed by atoms with Crippen LogP contribution in [0.5, 0.6) is 0 Å². The van der Waals surface area contributed by atoms with Crippen molar-refractivity contribution >= 4 is 29.9 Å². The lowest BCUT2D eigenvalue weighted by molar-refractivity contribution is -0.137. The summed E-state index contributed by atoms with van der Waals surface area (Å²) in [5.41, 5.74) is 5.90. The van der Waals surface area contributed by atoms with E-state index in [1.54, 1.807) is 6.07 Å². The van der Waals surface area contributed by atoms with E-state index in [1.807, 2.05) is 30.9 Å². The molecule has 1 atom stereocenters. The summed E-state index contributed by atoms with van der Waals surface area (Å²) >= 11 is 0. The van der Waals surface area contributed by atoms with Gasteiger partial charge in [-0.1, -0.05) is 12.1 Å². The zero-order valence-corrected chi connectivity index (χ0v) is 16.4. The Kier molecular flexibility index (Phi) is 7.33. The Morgan fingerprint density at radius 3 is 2.42 bits per heavy atom. The lowest BCUT2D eigenvalue weighted by atomic mass is 10.0. The molecule has 0 radical (unpaired) electrons. The maximum absolute atomic E-state index is 12.9. The van der Waals surface area contributed by atoms with Gasteiger partial charge >= 0.3 is 6.18 Å². The Balaban J connectivity index is 0.00000288. The number of aliphatic imine (C=N–C) groups is 1. The minimum Gasteiger partial charge on any atom is -0.370 e. The molecule has 0 saturated heterocycles. The van der Waals surface area contributed by atoms with Crippen LogP contribution in [0.3, 0.4) is 0 Å². The lowest BCUT2D eigenvalue weighted by Crippen LogP contribution is -2.36. The second-order valence-electron chi connectivity index (χ2n) is 6.14. The van der Waals surface area contributed by atoms with E-state index in [-0.39, 0.29) is 30.0 Å². The lowest BCUT2D eigenvalue weighted by Gasteiger charge is -2.25. The van der Waals surface area contributed by atoms with Gasteiger partial charge in [0.05, 0.1) is 18.2 Å². The first-order chi connectivity index (χ1) is 10.7. The average Bonchev–Trinajstić information content (AvgIpc) is 3.30. The second-order valence-corrected chi connectivity index (χ2v) is 6.14. The first kappa shape index (κ1) is 21.0. The predicted molar refractivity (Wildman–Crippen MR) is 101 cm³/mol. The minimum absolute atomic E-state index is 0. The van der Waals surface area contributed by atoms with Crippen molar-refractivity contribution in [1.82, 2.24) is 9.80 Å². The molecule has 1 unspecified atom stereocenters. The normalized spacial score (nSPS) is 16.7. The zero-order valence-electron chi connectivity index (χ0n) is 14.0. The third-order valence-electron chi connectivity index (χ3n) is 4.10. The summed E-state index contributed by atoms with van der Waals surface area (Å²) in [6.07, 6.45) is -2.13. The van der Waals surface area contributed by atoms with Crippen molar-refractivity contribution in [2.75, 3.05) is 27.7 Å². The molecule has 0 spiro atoms. The van der Waals surface area contributed by atoms with E-state index in [1.165, 1.54) is 12.1 Å². The smallest absolute Gasteiger partial charge is 0.370 e. The molecule has 0 heterocycles. The molecule has 2 rings (SSSR count). The van der Waals surface area contributed by atoms with Crippen molar-refractivity contribution in [1.29, 1.82) is 0 Å². The van der Waals surface area contributed by atoms with Gasteiger partial charge in [-0.05, 0) is 44.6 Å². The average molecular weight is 456 g/mol. The Morgan fingerprint density at radius 1 is 1.29 bits per heavy atom. The van der Waals surface area contributed by atoms with Crippen LogP contribution in [0.15, 0.2) is 29.3 Å². The van der Waals surface area contributed by atoms with Crippen molar-refractivity contribution in [3.8, 4) is 0 Å². The van der Waals surface area contributed by atoms with Crippen LogP contribution >= 0.6 is 24.0 Å². The molecule has 1 saturated carbocycles. The van der Waals surface area contributed by atoms with Crippen LogP contribution in [0.2, 0.25) is 0 Å². The zero-order chi connectivity index (χ0) is 17.2. The summed E-state index contributed by atoms with van der Waals surface area (Å²) in [6.45, 7) is 0.317. The van der Waals surface area contributed by atoms with E-state index < -0.39 is 11.7 Å². The third kappa shape index (κ3) is 5.51. The Bertz CT molecular complexity index is 571. The van der Waals surface area contributed by atoms with Crippen LogP contribution in [0.4, 0.5) is 13.2 Å². The summed E-state index contributed by atoms with van der Waals surface area (Å²) in [7, 11) is 5.54. The summed E-state index contributed by atoms with van der Waals surface area (Å²) in [6, 6.07) is 5.57. The van der Waals surface area contributed by atoms with E-state index >= 15 is 0 Å². The molecule has 1 aromatic carbocycles. The van der Waals surface area contributed by atoms with E-state index in [9.17, 15) is 13.2 Å². The molecule has 2 N–H and O–H groups in total. The molecule has 1 aliphatic rings. The molecule has 0 bridgehead atoms. The molecule has 1 aromatic rings. The van der Waals surface area contributed by atoms with Crippen LogP contribution < -0.4 is 5.73 Å². The van der Waals surface area contributed by atoms with Gasteiger partial charge in [0.25, 0.3) is 0 Å². The molecule has 0 amide bonds. The quantitative estimate of drug-likeness (QED) is 0.420. The number of guanidine groups is 1. The number of halogens is 4. The molecule has 0 aliphatic heterocycles. The topological polar surface area (TPSA) is 44.9 Å². The number of hydrogen-bond donors (Lipinski definition) is 1. The minimum atomic E-state index is -4.35. The molecule has 24 heavy (non-hydrogen) atoms. The molecular weight excluding hydrogens is 432 g/mol. The van der Waals surface area contributed by atoms with Crippen molar-refractivity contribution in [2.24, 2.45) is 10.7 Å². The van der Waals surface area contributed by atoms with Gasteiger partial charge in [-0.15, -0.1) is 24.0 Å². The van der Waals surface area contributed by atoms with Gasteiger partial charge in [0.15, 0.2) is 5.96 Å². The highest BCUT2D eigenvalue weighted by atomic mass is 127. The predicted octanol–water partition coefficient (Wildman–Crippen LogP) is 3.34. The van der Waals surface area contributed by atoms with E-state index in [0.29, 0.717) is 24.1 Å². The number of nitrogens with zero attached hydrogens (tertiary/aromatic N) is 3. The number of likely N-dealkylation sites (N-methyl/N-ethyl adjacent to an activating group) is 1. The third-order valence-corrected chi connectivity index (χ3v) is 4.10. The van der Waals surface area contributed by atoms with Crippen LogP contribution in [-0.4, -0.2) is 49.5 Å². The van der Waals surface area contributed by atoms with Gasteiger partial charge < -0.3 is 15.5 Å². The first-order valence-corrected chi connectivity index (χ1v) is 7.56. The van der Waals surface area contributed by atoms with Crippen molar-refractivity contribution in [3.05, 3.63) is 35.4 Å². The second kappa shape index (κ2) is 8.37. The van der Waals surface area contributed by atoms with Crippen LogP contribution in [0.25, 0.3) is 0 Å². The van der Waals surface area contributed by atoms with Gasteiger partial charge in [-0.3, -0.25) is 4.99 Å². The maximum Gasteiger partial charge on any atom is 0.416 e. The molecule has 1 aliphatic carbocycles. The molecular formula is C16H24F3IN4. The fourth-order valence-corrected chi connectivity index (χ4v) is 2.43. The summed E-state index contributed by atoms with van der Waals surface area (Å²) in [4.78, 5) is 8.15. The van der Waals surface area contributed by atoms with E-state index in [0.717, 1.165) is 18.9 Å². The molecule has 4 nitrogen and oxygen atoms in total. The van der Waals surface area contributed by atoms with Gasteiger partial charge in [-0.25, -0.2) is 0 Å². The first-order valence-electron chi connectivity index (χ1n) is 7.56. The largest absolute Gasteiger partial charge is 0.416 e. The highest BCUT2D eigenvalue weighted by Crippen LogP contribution is 2.31. The fourth-order valence-electron chi connectivity index (χ4n) is 2.43. The number of hydrogen-bond acceptors (Lipinski definition) is 2. The summed E-state index contributed by atoms with van der Waals surface area (Å²) in [5.74, 6) is 0.436. The summed E-state index contributed by atoms with van der Waals surface area (Å²) in [5, 5.41) is 0. The molecule has 8 heteroatoms. The van der Waals surface area contributed by atoms with Gasteiger partial charge in [0.2, 0.25) is 0 Å². The van der Waals surface area contributed by atoms with Gasteiger partial charge in [0.1, 0.15) is 0 Å². The molecule has 136 valence electrons. The van der Waals surface area contributed by atoms with E-state index in [4.69, 9.17) is 5.73 Å². The summed E-state index contributed by atoms with van der Waals surface area (Å²) < 4.78 is 38.6. The Morgan fingerprint density at radius 2 is 1.92 bits per heavy atom. The SMILES string of the molecule is CN(C)C(CN=C(N)N(C)C1CC1)c1cccc(C(F)(F)F)c1.I. The highest BCUT2D eigenvalue weighted by molar-refractivity contribution is 14.0. The fraction of sp³-hybridized carbons (Fsp3) is 0.562. The standard InChI is InChI=1S/C16H23F3N4.HI/c1-22(2)14(10-21-15(20)23(3)13-7-8-13)11-5-4-6-12(9-11)16(17,18)19;/h4-6,9,13-14H,7-8,10H2,1-3H3,(H2,20,21);1H. The molecule has 0 aromatic heterocycles. The highest BCUT2D eigenvalue weighted by Gasteiger charge is 2.31. The molecule has 1 fully saturated rings. The van der Waals surface area contributed by atoms with Crippen LogP contribution in [-0.2, 0) is 6.18 Å². The van der Waals surface area contributed by atoms with Crippen molar-refractivity contribution < 1.29 is 13.2 Å². The Hall–Kier alpha value is -1.03. The van der Waals surface area contributed by atoms with Gasteiger partial charge in [0, 0.05) is 13.1 Å². The monoisotopic (exact) mass is 456 g/mol. The number of benzene rings is 1. The van der Waals surface area contributed by atoms with Crippen LogP contribution in [0.1, 0.15) is 30.0 Å². The Labute approximate surface area is 157 Å². The number of alkyl halides is 3. The van der Waals surface area contributed by atoms with Crippen LogP contribution in [0, 0.1) is 0 Å². The number of rotatable bonds is 5. The van der Waals surface area contributed by atoms with E-state index in [2.05, 4.69) is 4.99 Å². The number of nitrogens with two attached hydrogens (primary N) is 1. The van der Waals surface area contributed by atoms with Crippen molar-refractivity contribution in [3.63, 3.8) is 0 Å². The van der Waals surface area contributed by atoms with Gasteiger partial charge in [-0.2, -0.15) is 13.2 Å². The van der Waals surface area contributed by atoms with Crippen molar-refractivity contribution in [2.45, 2.75) is 31.1 Å².